The first-order chi connectivity index (χ1) is 13.9. The normalized spacial score (nSPS) is 19.0. The monoisotopic (exact) mass is 398 g/mol. The standard InChI is InChI=1S/C22H17F3N2O2/c1-29-21(28)18-19(15-10-6-8-13-7-2-3-9-14(13)15)26-16-11-4-5-12-17(16)27-20(18)22(23,24)25/h2-12,18-19,26H,1H3/t18-,19+/m1/s1. The molecule has 0 saturated heterocycles. The van der Waals surface area contributed by atoms with Gasteiger partial charge in [0.05, 0.1) is 24.5 Å². The maximum atomic E-state index is 14.0. The van der Waals surface area contributed by atoms with Gasteiger partial charge < -0.3 is 10.1 Å². The van der Waals surface area contributed by atoms with Crippen LogP contribution in [0.5, 0.6) is 0 Å². The quantitative estimate of drug-likeness (QED) is 0.586. The summed E-state index contributed by atoms with van der Waals surface area (Å²) in [7, 11) is 1.08. The molecule has 0 aliphatic carbocycles. The smallest absolute Gasteiger partial charge is 0.430 e. The molecule has 3 aromatic carbocycles. The molecule has 0 amide bonds. The number of fused-ring (bicyclic) bond motifs is 2. The summed E-state index contributed by atoms with van der Waals surface area (Å²) in [6, 6.07) is 18.1. The number of methoxy groups -OCH3 is 1. The number of esters is 1. The van der Waals surface area contributed by atoms with E-state index in [1.54, 1.807) is 30.3 Å². The minimum atomic E-state index is -4.80. The average Bonchev–Trinajstić information content (AvgIpc) is 2.90. The number of carbonyl (C=O) groups is 1. The first-order valence-electron chi connectivity index (χ1n) is 8.97. The highest BCUT2D eigenvalue weighted by atomic mass is 19.4. The van der Waals surface area contributed by atoms with Crippen molar-refractivity contribution < 1.29 is 22.7 Å². The topological polar surface area (TPSA) is 50.7 Å². The molecule has 0 unspecified atom stereocenters. The molecule has 0 saturated carbocycles. The molecule has 1 aliphatic rings. The first kappa shape index (κ1) is 19.0. The second-order valence-electron chi connectivity index (χ2n) is 6.70. The number of carbonyl (C=O) groups excluding carboxylic acids is 1. The van der Waals surface area contributed by atoms with Gasteiger partial charge in [0.1, 0.15) is 11.6 Å². The maximum Gasteiger partial charge on any atom is 0.430 e. The van der Waals surface area contributed by atoms with Gasteiger partial charge in [0.25, 0.3) is 0 Å². The van der Waals surface area contributed by atoms with E-state index >= 15 is 0 Å². The number of halogens is 3. The lowest BCUT2D eigenvalue weighted by Crippen LogP contribution is -2.41. The summed E-state index contributed by atoms with van der Waals surface area (Å²) in [5, 5.41) is 4.73. The van der Waals surface area contributed by atoms with Crippen molar-refractivity contribution in [2.75, 3.05) is 12.4 Å². The molecule has 4 nitrogen and oxygen atoms in total. The molecular weight excluding hydrogens is 381 g/mol. The van der Waals surface area contributed by atoms with E-state index in [9.17, 15) is 18.0 Å². The predicted molar refractivity (Wildman–Crippen MR) is 105 cm³/mol. The summed E-state index contributed by atoms with van der Waals surface area (Å²) in [6.45, 7) is 0. The van der Waals surface area contributed by atoms with Crippen molar-refractivity contribution in [3.63, 3.8) is 0 Å². The Labute approximate surface area is 165 Å². The van der Waals surface area contributed by atoms with Crippen LogP contribution in [0.25, 0.3) is 10.8 Å². The molecule has 7 heteroatoms. The molecule has 1 heterocycles. The second-order valence-corrected chi connectivity index (χ2v) is 6.70. The summed E-state index contributed by atoms with van der Waals surface area (Å²) in [5.74, 6) is -2.67. The largest absolute Gasteiger partial charge is 0.468 e. The third kappa shape index (κ3) is 3.44. The van der Waals surface area contributed by atoms with E-state index in [0.29, 0.717) is 11.3 Å². The van der Waals surface area contributed by atoms with Gasteiger partial charge in [-0.1, -0.05) is 54.6 Å². The van der Waals surface area contributed by atoms with Crippen LogP contribution in [-0.4, -0.2) is 25.0 Å². The third-order valence-electron chi connectivity index (χ3n) is 4.99. The van der Waals surface area contributed by atoms with Gasteiger partial charge in [-0.25, -0.2) is 4.99 Å². The van der Waals surface area contributed by atoms with Crippen LogP contribution < -0.4 is 5.32 Å². The van der Waals surface area contributed by atoms with E-state index in [-0.39, 0.29) is 5.69 Å². The fraction of sp³-hybridized carbons (Fsp3) is 0.182. The SMILES string of the molecule is COC(=O)[C@H]1C(C(F)(F)F)=Nc2ccccc2N[C@H]1c1cccc2ccccc12. The number of ether oxygens (including phenoxy) is 1. The van der Waals surface area contributed by atoms with E-state index in [1.807, 2.05) is 30.3 Å². The van der Waals surface area contributed by atoms with Gasteiger partial charge in [-0.2, -0.15) is 13.2 Å². The Balaban J connectivity index is 2.00. The third-order valence-corrected chi connectivity index (χ3v) is 4.99. The Bertz CT molecular complexity index is 1100. The highest BCUT2D eigenvalue weighted by Crippen LogP contribution is 2.42. The summed E-state index contributed by atoms with van der Waals surface area (Å²) < 4.78 is 46.8. The number of rotatable bonds is 2. The Morgan fingerprint density at radius 3 is 2.45 bits per heavy atom. The molecule has 0 fully saturated rings. The molecule has 0 spiro atoms. The lowest BCUT2D eigenvalue weighted by atomic mass is 9.86. The highest BCUT2D eigenvalue weighted by Gasteiger charge is 2.49. The van der Waals surface area contributed by atoms with Gasteiger partial charge in [-0.15, -0.1) is 0 Å². The lowest BCUT2D eigenvalue weighted by molar-refractivity contribution is -0.145. The van der Waals surface area contributed by atoms with Crippen molar-refractivity contribution in [2.45, 2.75) is 12.2 Å². The molecule has 0 radical (unpaired) electrons. The van der Waals surface area contributed by atoms with Crippen LogP contribution in [0.4, 0.5) is 24.5 Å². The van der Waals surface area contributed by atoms with E-state index in [2.05, 4.69) is 10.3 Å². The molecule has 148 valence electrons. The minimum Gasteiger partial charge on any atom is -0.468 e. The summed E-state index contributed by atoms with van der Waals surface area (Å²) in [5.41, 5.74) is -0.0815. The van der Waals surface area contributed by atoms with Crippen molar-refractivity contribution in [3.05, 3.63) is 72.3 Å². The van der Waals surface area contributed by atoms with Crippen molar-refractivity contribution in [1.29, 1.82) is 0 Å². The van der Waals surface area contributed by atoms with Crippen molar-refractivity contribution in [1.82, 2.24) is 0 Å². The minimum absolute atomic E-state index is 0.122. The Morgan fingerprint density at radius 1 is 1.00 bits per heavy atom. The van der Waals surface area contributed by atoms with Crippen LogP contribution in [0.15, 0.2) is 71.7 Å². The van der Waals surface area contributed by atoms with Gasteiger partial charge in [-0.05, 0) is 28.5 Å². The molecule has 1 N–H and O–H groups in total. The number of benzene rings is 3. The summed E-state index contributed by atoms with van der Waals surface area (Å²) in [4.78, 5) is 16.4. The van der Waals surface area contributed by atoms with E-state index < -0.39 is 29.8 Å². The summed E-state index contributed by atoms with van der Waals surface area (Å²) in [6.07, 6.45) is -4.80. The fourth-order valence-corrected chi connectivity index (χ4v) is 3.69. The van der Waals surface area contributed by atoms with E-state index in [0.717, 1.165) is 17.9 Å². The number of anilines is 1. The van der Waals surface area contributed by atoms with Gasteiger partial charge >= 0.3 is 12.1 Å². The van der Waals surface area contributed by atoms with Crippen molar-refractivity contribution >= 4 is 33.8 Å². The maximum absolute atomic E-state index is 14.0. The molecule has 2 atom stereocenters. The van der Waals surface area contributed by atoms with Crippen molar-refractivity contribution in [2.24, 2.45) is 10.9 Å². The van der Waals surface area contributed by atoms with Crippen LogP contribution in [0.3, 0.4) is 0 Å². The van der Waals surface area contributed by atoms with Gasteiger partial charge in [0.2, 0.25) is 0 Å². The molecule has 0 bridgehead atoms. The molecular formula is C22H17F3N2O2. The molecule has 4 rings (SSSR count). The predicted octanol–water partition coefficient (Wildman–Crippen LogP) is 5.43. The molecule has 29 heavy (non-hydrogen) atoms. The zero-order chi connectivity index (χ0) is 20.6. The van der Waals surface area contributed by atoms with Crippen LogP contribution in [0.2, 0.25) is 0 Å². The van der Waals surface area contributed by atoms with Crippen LogP contribution in [-0.2, 0) is 9.53 Å². The zero-order valence-corrected chi connectivity index (χ0v) is 15.4. The van der Waals surface area contributed by atoms with Crippen molar-refractivity contribution in [3.8, 4) is 0 Å². The highest BCUT2D eigenvalue weighted by molar-refractivity contribution is 6.09. The Hall–Kier alpha value is -3.35. The van der Waals surface area contributed by atoms with Gasteiger partial charge in [-0.3, -0.25) is 4.79 Å². The second kappa shape index (κ2) is 7.24. The average molecular weight is 398 g/mol. The molecule has 0 aromatic heterocycles. The number of hydrogen-bond donors (Lipinski definition) is 1. The van der Waals surface area contributed by atoms with Crippen LogP contribution >= 0.6 is 0 Å². The molecule has 3 aromatic rings. The number of nitrogens with one attached hydrogen (secondary N) is 1. The first-order valence-corrected chi connectivity index (χ1v) is 8.97. The van der Waals surface area contributed by atoms with Crippen LogP contribution in [0, 0.1) is 5.92 Å². The fourth-order valence-electron chi connectivity index (χ4n) is 3.69. The van der Waals surface area contributed by atoms with E-state index in [4.69, 9.17) is 4.74 Å². The van der Waals surface area contributed by atoms with Gasteiger partial charge in [0.15, 0.2) is 0 Å². The number of para-hydroxylation sites is 2. The Morgan fingerprint density at radius 2 is 1.69 bits per heavy atom. The Kier molecular flexibility index (Phi) is 4.74. The van der Waals surface area contributed by atoms with Gasteiger partial charge in [0, 0.05) is 0 Å². The van der Waals surface area contributed by atoms with Crippen LogP contribution in [0.1, 0.15) is 11.6 Å². The summed E-state index contributed by atoms with van der Waals surface area (Å²) >= 11 is 0. The number of nitrogens with zero attached hydrogens (tertiary/aromatic N) is 1. The molecule has 1 aliphatic heterocycles. The zero-order valence-electron chi connectivity index (χ0n) is 15.4. The van der Waals surface area contributed by atoms with E-state index in [1.165, 1.54) is 6.07 Å². The lowest BCUT2D eigenvalue weighted by Gasteiger charge is -2.28. The number of aliphatic imine (C=N–C) groups is 1. The number of hydrogen-bond acceptors (Lipinski definition) is 4. The number of alkyl halides is 3.